The second kappa shape index (κ2) is 4.23. The van der Waals surface area contributed by atoms with Crippen LogP contribution in [0.3, 0.4) is 0 Å². The van der Waals surface area contributed by atoms with Gasteiger partial charge >= 0.3 is 0 Å². The molecule has 0 radical (unpaired) electrons. The molecule has 1 N–H and O–H groups in total. The van der Waals surface area contributed by atoms with E-state index in [1.54, 1.807) is 13.8 Å². The van der Waals surface area contributed by atoms with E-state index in [-0.39, 0.29) is 11.7 Å². The Hall–Kier alpha value is -0.630. The third-order valence-corrected chi connectivity index (χ3v) is 1.61. The molecule has 0 aliphatic rings. The van der Waals surface area contributed by atoms with Crippen LogP contribution in [0.5, 0.6) is 0 Å². The first kappa shape index (κ1) is 9.37. The summed E-state index contributed by atoms with van der Waals surface area (Å²) in [5.41, 5.74) is 0. The van der Waals surface area contributed by atoms with Crippen LogP contribution in [0.25, 0.3) is 0 Å². The lowest BCUT2D eigenvalue weighted by Gasteiger charge is -2.11. The van der Waals surface area contributed by atoms with Crippen molar-refractivity contribution in [2.45, 2.75) is 26.4 Å². The summed E-state index contributed by atoms with van der Waals surface area (Å²) in [6, 6.07) is 0. The van der Waals surface area contributed by atoms with Gasteiger partial charge in [0.25, 0.3) is 0 Å². The number of carbonyl (C=O) groups is 1. The van der Waals surface area contributed by atoms with Crippen molar-refractivity contribution in [3.63, 3.8) is 0 Å². The number of hydrogen-bond acceptors (Lipinski definition) is 2. The van der Waals surface area contributed by atoms with Crippen molar-refractivity contribution in [3.05, 3.63) is 12.7 Å². The van der Waals surface area contributed by atoms with Gasteiger partial charge in [0, 0.05) is 12.3 Å². The van der Waals surface area contributed by atoms with Gasteiger partial charge in [-0.2, -0.15) is 0 Å². The van der Waals surface area contributed by atoms with Crippen molar-refractivity contribution in [2.75, 3.05) is 0 Å². The number of ketones is 1. The third-order valence-electron chi connectivity index (χ3n) is 1.61. The molecule has 2 unspecified atom stereocenters. The number of Topliss-reactive ketones (excluding diaryl/α,β-unsaturated/α-hetero) is 1. The fourth-order valence-electron chi connectivity index (χ4n) is 0.717. The maximum absolute atomic E-state index is 10.9. The molecule has 2 atom stereocenters. The SMILES string of the molecule is C=CC(O)C(C)C(=O)CC. The maximum atomic E-state index is 10.9. The van der Waals surface area contributed by atoms with Crippen LogP contribution < -0.4 is 0 Å². The molecule has 0 fully saturated rings. The van der Waals surface area contributed by atoms with E-state index in [1.807, 2.05) is 0 Å². The smallest absolute Gasteiger partial charge is 0.138 e. The molecule has 0 aliphatic carbocycles. The molecule has 10 heavy (non-hydrogen) atoms. The van der Waals surface area contributed by atoms with Gasteiger partial charge in [0.1, 0.15) is 5.78 Å². The van der Waals surface area contributed by atoms with Crippen LogP contribution >= 0.6 is 0 Å². The number of carbonyl (C=O) groups excluding carboxylic acids is 1. The summed E-state index contributed by atoms with van der Waals surface area (Å²) < 4.78 is 0. The van der Waals surface area contributed by atoms with Crippen molar-refractivity contribution in [2.24, 2.45) is 5.92 Å². The third kappa shape index (κ3) is 2.31. The zero-order chi connectivity index (χ0) is 8.15. The van der Waals surface area contributed by atoms with Gasteiger partial charge in [-0.1, -0.05) is 19.9 Å². The van der Waals surface area contributed by atoms with Crippen molar-refractivity contribution in [1.82, 2.24) is 0 Å². The Morgan fingerprint density at radius 1 is 1.80 bits per heavy atom. The highest BCUT2D eigenvalue weighted by atomic mass is 16.3. The normalized spacial score (nSPS) is 15.9. The Balaban J connectivity index is 3.93. The van der Waals surface area contributed by atoms with Crippen LogP contribution in [0.4, 0.5) is 0 Å². The Bertz CT molecular complexity index is 129. The van der Waals surface area contributed by atoms with E-state index >= 15 is 0 Å². The van der Waals surface area contributed by atoms with Crippen LogP contribution in [-0.2, 0) is 4.79 Å². The van der Waals surface area contributed by atoms with Crippen molar-refractivity contribution >= 4 is 5.78 Å². The Labute approximate surface area is 61.6 Å². The topological polar surface area (TPSA) is 37.3 Å². The highest BCUT2D eigenvalue weighted by Gasteiger charge is 2.16. The number of rotatable bonds is 4. The fraction of sp³-hybridized carbons (Fsp3) is 0.625. The number of aliphatic hydroxyl groups excluding tert-OH is 1. The predicted molar refractivity (Wildman–Crippen MR) is 40.7 cm³/mol. The molecule has 0 amide bonds. The van der Waals surface area contributed by atoms with Gasteiger partial charge < -0.3 is 5.11 Å². The lowest BCUT2D eigenvalue weighted by Crippen LogP contribution is -2.22. The molecular formula is C8H14O2. The summed E-state index contributed by atoms with van der Waals surface area (Å²) in [4.78, 5) is 10.9. The average molecular weight is 142 g/mol. The van der Waals surface area contributed by atoms with Gasteiger partial charge in [-0.25, -0.2) is 0 Å². The van der Waals surface area contributed by atoms with Gasteiger partial charge in [0.05, 0.1) is 6.10 Å². The summed E-state index contributed by atoms with van der Waals surface area (Å²) in [7, 11) is 0. The molecule has 0 saturated heterocycles. The molecule has 2 nitrogen and oxygen atoms in total. The lowest BCUT2D eigenvalue weighted by molar-refractivity contribution is -0.124. The second-order valence-corrected chi connectivity index (χ2v) is 2.33. The molecule has 0 aromatic rings. The minimum Gasteiger partial charge on any atom is -0.388 e. The molecule has 0 rings (SSSR count). The summed E-state index contributed by atoms with van der Waals surface area (Å²) in [6.07, 6.45) is 1.18. The van der Waals surface area contributed by atoms with E-state index in [0.29, 0.717) is 6.42 Å². The molecule has 0 aliphatic heterocycles. The van der Waals surface area contributed by atoms with E-state index < -0.39 is 6.10 Å². The highest BCUT2D eigenvalue weighted by Crippen LogP contribution is 2.06. The molecule has 0 bridgehead atoms. The second-order valence-electron chi connectivity index (χ2n) is 2.33. The number of hydrogen-bond donors (Lipinski definition) is 1. The molecule has 0 heterocycles. The van der Waals surface area contributed by atoms with E-state index in [2.05, 4.69) is 6.58 Å². The van der Waals surface area contributed by atoms with Crippen LogP contribution in [0.15, 0.2) is 12.7 Å². The number of aliphatic hydroxyl groups is 1. The standard InChI is InChI=1S/C8H14O2/c1-4-7(9)6(3)8(10)5-2/h4,6-7,9H,1,5H2,2-3H3. The van der Waals surface area contributed by atoms with Crippen LogP contribution in [0.1, 0.15) is 20.3 Å². The van der Waals surface area contributed by atoms with Crippen molar-refractivity contribution < 1.29 is 9.90 Å². The van der Waals surface area contributed by atoms with Gasteiger partial charge in [0.15, 0.2) is 0 Å². The molecule has 0 spiro atoms. The van der Waals surface area contributed by atoms with Gasteiger partial charge in [0.2, 0.25) is 0 Å². The Morgan fingerprint density at radius 3 is 2.60 bits per heavy atom. The fourth-order valence-corrected chi connectivity index (χ4v) is 0.717. The quantitative estimate of drug-likeness (QED) is 0.598. The lowest BCUT2D eigenvalue weighted by atomic mass is 9.98. The summed E-state index contributed by atoms with van der Waals surface area (Å²) in [5, 5.41) is 9.09. The average Bonchev–Trinajstić information content (AvgIpc) is 2.00. The first-order chi connectivity index (χ1) is 4.63. The van der Waals surface area contributed by atoms with Crippen molar-refractivity contribution in [3.8, 4) is 0 Å². The molecule has 58 valence electrons. The van der Waals surface area contributed by atoms with Gasteiger partial charge in [-0.05, 0) is 0 Å². The highest BCUT2D eigenvalue weighted by molar-refractivity contribution is 5.81. The zero-order valence-corrected chi connectivity index (χ0v) is 6.50. The minimum absolute atomic E-state index is 0.0763. The summed E-state index contributed by atoms with van der Waals surface area (Å²) in [6.45, 7) is 6.89. The van der Waals surface area contributed by atoms with Gasteiger partial charge in [-0.3, -0.25) is 4.79 Å². The summed E-state index contributed by atoms with van der Waals surface area (Å²) in [5.74, 6) is -0.227. The van der Waals surface area contributed by atoms with Crippen LogP contribution in [0.2, 0.25) is 0 Å². The first-order valence-electron chi connectivity index (χ1n) is 3.46. The van der Waals surface area contributed by atoms with E-state index in [9.17, 15) is 4.79 Å². The largest absolute Gasteiger partial charge is 0.388 e. The van der Waals surface area contributed by atoms with Crippen LogP contribution in [0, 0.1) is 5.92 Å². The predicted octanol–water partition coefficient (Wildman–Crippen LogP) is 1.15. The van der Waals surface area contributed by atoms with Crippen molar-refractivity contribution in [1.29, 1.82) is 0 Å². The maximum Gasteiger partial charge on any atom is 0.138 e. The Kier molecular flexibility index (Phi) is 3.96. The first-order valence-corrected chi connectivity index (χ1v) is 3.46. The molecule has 0 aromatic carbocycles. The van der Waals surface area contributed by atoms with Gasteiger partial charge in [-0.15, -0.1) is 6.58 Å². The molecule has 2 heteroatoms. The zero-order valence-electron chi connectivity index (χ0n) is 6.50. The minimum atomic E-state index is -0.688. The van der Waals surface area contributed by atoms with E-state index in [0.717, 1.165) is 0 Å². The van der Waals surface area contributed by atoms with Crippen LogP contribution in [-0.4, -0.2) is 17.0 Å². The molecular weight excluding hydrogens is 128 g/mol. The molecule has 0 aromatic heterocycles. The van der Waals surface area contributed by atoms with E-state index in [1.165, 1.54) is 6.08 Å². The Morgan fingerprint density at radius 2 is 2.30 bits per heavy atom. The van der Waals surface area contributed by atoms with E-state index in [4.69, 9.17) is 5.11 Å². The summed E-state index contributed by atoms with van der Waals surface area (Å²) >= 11 is 0. The monoisotopic (exact) mass is 142 g/mol. The molecule has 0 saturated carbocycles.